The van der Waals surface area contributed by atoms with Crippen molar-refractivity contribution >= 4 is 28.6 Å². The van der Waals surface area contributed by atoms with Gasteiger partial charge in [0.25, 0.3) is 5.91 Å². The number of carbonyl (C=O) groups is 1. The fraction of sp³-hybridized carbons (Fsp3) is 0.200. The van der Waals surface area contributed by atoms with Crippen molar-refractivity contribution in [3.63, 3.8) is 0 Å². The van der Waals surface area contributed by atoms with Crippen LogP contribution in [-0.2, 0) is 4.74 Å². The quantitative estimate of drug-likeness (QED) is 0.515. The number of amides is 1. The molecule has 1 aromatic heterocycles. The zero-order valence-electron chi connectivity index (χ0n) is 17.8. The number of rotatable bonds is 5. The first-order valence-electron chi connectivity index (χ1n) is 10.6. The molecule has 162 valence electrons. The number of methoxy groups -OCH3 is 1. The normalized spacial score (nSPS) is 13.8. The standard InChI is InChI=1S/C25H24N4O3/c1-31-21-10-8-19(9-11-21)26-25-27-22-17-18(24(30)28-13-15-32-16-14-28)7-12-23(22)29(25)20-5-3-2-4-6-20/h2-12,17H,13-16H2,1H3,(H,26,27). The minimum absolute atomic E-state index is 0.00845. The lowest BCUT2D eigenvalue weighted by atomic mass is 10.1. The number of nitrogens with one attached hydrogen (secondary N) is 1. The van der Waals surface area contributed by atoms with Crippen molar-refractivity contribution in [2.24, 2.45) is 0 Å². The van der Waals surface area contributed by atoms with Crippen LogP contribution in [0.1, 0.15) is 10.4 Å². The van der Waals surface area contributed by atoms with Crippen molar-refractivity contribution in [3.8, 4) is 11.4 Å². The Morgan fingerprint density at radius 2 is 1.75 bits per heavy atom. The number of nitrogens with zero attached hydrogens (tertiary/aromatic N) is 3. The SMILES string of the molecule is COc1ccc(Nc2nc3cc(C(=O)N4CCOCC4)ccc3n2-c2ccccc2)cc1. The third kappa shape index (κ3) is 3.90. The van der Waals surface area contributed by atoms with Crippen LogP contribution < -0.4 is 10.1 Å². The number of hydrogen-bond donors (Lipinski definition) is 1. The molecule has 3 aromatic carbocycles. The first-order chi connectivity index (χ1) is 15.7. The molecule has 1 aliphatic heterocycles. The minimum atomic E-state index is 0.00845. The van der Waals surface area contributed by atoms with Crippen LogP contribution in [0.3, 0.4) is 0 Å². The van der Waals surface area contributed by atoms with Crippen LogP contribution in [0.4, 0.5) is 11.6 Å². The molecule has 1 aliphatic rings. The summed E-state index contributed by atoms with van der Waals surface area (Å²) in [5, 5.41) is 3.41. The lowest BCUT2D eigenvalue weighted by Crippen LogP contribution is -2.40. The maximum atomic E-state index is 13.0. The zero-order valence-corrected chi connectivity index (χ0v) is 17.8. The lowest BCUT2D eigenvalue weighted by molar-refractivity contribution is 0.0303. The smallest absolute Gasteiger partial charge is 0.254 e. The Bertz CT molecular complexity index is 1230. The van der Waals surface area contributed by atoms with E-state index in [1.807, 2.05) is 77.7 Å². The highest BCUT2D eigenvalue weighted by molar-refractivity contribution is 5.98. The van der Waals surface area contributed by atoms with Gasteiger partial charge in [-0.15, -0.1) is 0 Å². The van der Waals surface area contributed by atoms with Crippen molar-refractivity contribution in [2.75, 3.05) is 38.7 Å². The maximum absolute atomic E-state index is 13.0. The summed E-state index contributed by atoms with van der Waals surface area (Å²) in [5.41, 5.74) is 4.18. The van der Waals surface area contributed by atoms with Gasteiger partial charge in [-0.3, -0.25) is 9.36 Å². The van der Waals surface area contributed by atoms with Gasteiger partial charge in [0.1, 0.15) is 5.75 Å². The number of anilines is 2. The molecule has 0 atom stereocenters. The molecule has 0 bridgehead atoms. The summed E-state index contributed by atoms with van der Waals surface area (Å²) in [6.45, 7) is 2.37. The number of aromatic nitrogens is 2. The van der Waals surface area contributed by atoms with E-state index in [-0.39, 0.29) is 5.91 Å². The summed E-state index contributed by atoms with van der Waals surface area (Å²) in [4.78, 5) is 19.6. The molecular weight excluding hydrogens is 404 g/mol. The zero-order chi connectivity index (χ0) is 21.9. The molecule has 1 N–H and O–H groups in total. The average molecular weight is 428 g/mol. The monoisotopic (exact) mass is 428 g/mol. The Balaban J connectivity index is 1.55. The van der Waals surface area contributed by atoms with Gasteiger partial charge in [-0.2, -0.15) is 0 Å². The van der Waals surface area contributed by atoms with Crippen LogP contribution in [0, 0.1) is 0 Å². The second-order valence-electron chi connectivity index (χ2n) is 7.57. The van der Waals surface area contributed by atoms with Gasteiger partial charge in [0.05, 0.1) is 31.4 Å². The third-order valence-corrected chi connectivity index (χ3v) is 5.56. The average Bonchev–Trinajstić information content (AvgIpc) is 3.22. The number of benzene rings is 3. The molecule has 5 rings (SSSR count). The number of imidazole rings is 1. The molecule has 0 saturated carbocycles. The molecular formula is C25H24N4O3. The summed E-state index contributed by atoms with van der Waals surface area (Å²) >= 11 is 0. The topological polar surface area (TPSA) is 68.6 Å². The Morgan fingerprint density at radius 1 is 1.00 bits per heavy atom. The molecule has 1 fully saturated rings. The van der Waals surface area contributed by atoms with Crippen molar-refractivity contribution in [2.45, 2.75) is 0 Å². The summed E-state index contributed by atoms with van der Waals surface area (Å²) in [6, 6.07) is 23.4. The van der Waals surface area contributed by atoms with Gasteiger partial charge in [-0.05, 0) is 54.6 Å². The van der Waals surface area contributed by atoms with Crippen LogP contribution in [0.2, 0.25) is 0 Å². The largest absolute Gasteiger partial charge is 0.497 e. The Morgan fingerprint density at radius 3 is 2.47 bits per heavy atom. The van der Waals surface area contributed by atoms with E-state index in [2.05, 4.69) is 9.88 Å². The minimum Gasteiger partial charge on any atom is -0.497 e. The number of hydrogen-bond acceptors (Lipinski definition) is 5. The maximum Gasteiger partial charge on any atom is 0.254 e. The number of morpholine rings is 1. The second kappa shape index (κ2) is 8.72. The van der Waals surface area contributed by atoms with Crippen LogP contribution >= 0.6 is 0 Å². The lowest BCUT2D eigenvalue weighted by Gasteiger charge is -2.26. The van der Waals surface area contributed by atoms with Crippen molar-refractivity contribution in [1.29, 1.82) is 0 Å². The molecule has 7 nitrogen and oxygen atoms in total. The van der Waals surface area contributed by atoms with E-state index in [9.17, 15) is 4.79 Å². The Hall–Kier alpha value is -3.84. The molecule has 32 heavy (non-hydrogen) atoms. The highest BCUT2D eigenvalue weighted by Gasteiger charge is 2.20. The molecule has 0 radical (unpaired) electrons. The number of ether oxygens (including phenoxy) is 2. The molecule has 0 spiro atoms. The highest BCUT2D eigenvalue weighted by Crippen LogP contribution is 2.28. The highest BCUT2D eigenvalue weighted by atomic mass is 16.5. The first kappa shape index (κ1) is 20.1. The van der Waals surface area contributed by atoms with E-state index in [4.69, 9.17) is 14.5 Å². The van der Waals surface area contributed by atoms with Gasteiger partial charge in [0, 0.05) is 30.0 Å². The summed E-state index contributed by atoms with van der Waals surface area (Å²) < 4.78 is 12.7. The van der Waals surface area contributed by atoms with E-state index >= 15 is 0 Å². The van der Waals surface area contributed by atoms with Crippen LogP contribution in [-0.4, -0.2) is 53.8 Å². The second-order valence-corrected chi connectivity index (χ2v) is 7.57. The number of fused-ring (bicyclic) bond motifs is 1. The van der Waals surface area contributed by atoms with Crippen molar-refractivity contribution < 1.29 is 14.3 Å². The summed E-state index contributed by atoms with van der Waals surface area (Å²) in [5.74, 6) is 1.47. The Kier molecular flexibility index (Phi) is 5.47. The third-order valence-electron chi connectivity index (χ3n) is 5.56. The van der Waals surface area contributed by atoms with E-state index in [0.717, 1.165) is 28.2 Å². The van der Waals surface area contributed by atoms with Crippen molar-refractivity contribution in [3.05, 3.63) is 78.4 Å². The van der Waals surface area contributed by atoms with Crippen LogP contribution in [0.15, 0.2) is 72.8 Å². The predicted octanol–water partition coefficient (Wildman–Crippen LogP) is 4.25. The van der Waals surface area contributed by atoms with Gasteiger partial charge in [0.15, 0.2) is 0 Å². The molecule has 2 heterocycles. The van der Waals surface area contributed by atoms with Crippen LogP contribution in [0.25, 0.3) is 16.7 Å². The molecule has 0 unspecified atom stereocenters. The fourth-order valence-electron chi connectivity index (χ4n) is 3.89. The molecule has 1 amide bonds. The summed E-state index contributed by atoms with van der Waals surface area (Å²) in [6.07, 6.45) is 0. The van der Waals surface area contributed by atoms with E-state index in [1.165, 1.54) is 0 Å². The van der Waals surface area contributed by atoms with Gasteiger partial charge in [0.2, 0.25) is 5.95 Å². The van der Waals surface area contributed by atoms with E-state index in [0.29, 0.717) is 37.8 Å². The number of para-hydroxylation sites is 1. The van der Waals surface area contributed by atoms with E-state index < -0.39 is 0 Å². The Labute approximate surface area is 186 Å². The van der Waals surface area contributed by atoms with Gasteiger partial charge in [-0.1, -0.05) is 18.2 Å². The van der Waals surface area contributed by atoms with Gasteiger partial charge in [-0.25, -0.2) is 4.98 Å². The van der Waals surface area contributed by atoms with Gasteiger partial charge >= 0.3 is 0 Å². The molecule has 0 aliphatic carbocycles. The molecule has 1 saturated heterocycles. The number of carbonyl (C=O) groups excluding carboxylic acids is 1. The summed E-state index contributed by atoms with van der Waals surface area (Å²) in [7, 11) is 1.65. The molecule has 7 heteroatoms. The van der Waals surface area contributed by atoms with Crippen molar-refractivity contribution in [1.82, 2.24) is 14.5 Å². The predicted molar refractivity (Wildman–Crippen MR) is 124 cm³/mol. The van der Waals surface area contributed by atoms with Crippen LogP contribution in [0.5, 0.6) is 5.75 Å². The fourth-order valence-corrected chi connectivity index (χ4v) is 3.89. The van der Waals surface area contributed by atoms with E-state index in [1.54, 1.807) is 7.11 Å². The first-order valence-corrected chi connectivity index (χ1v) is 10.6. The molecule has 4 aromatic rings. The van der Waals surface area contributed by atoms with Gasteiger partial charge < -0.3 is 19.7 Å².